The SMILES string of the molecule is Cc1cc(C)nc(-n2c(=O)c3cc4c(=O)n(-c5nc(C)cc(C)n5)c(=O)c4cc3c2=O)n1. The second-order valence-corrected chi connectivity index (χ2v) is 7.74. The molecule has 0 saturated heterocycles. The molecule has 10 nitrogen and oxygen atoms in total. The summed E-state index contributed by atoms with van der Waals surface area (Å²) in [7, 11) is 0. The zero-order valence-electron chi connectivity index (χ0n) is 17.6. The Morgan fingerprint density at radius 2 is 0.719 bits per heavy atom. The quantitative estimate of drug-likeness (QED) is 0.402. The van der Waals surface area contributed by atoms with Gasteiger partial charge in [-0.05, 0) is 52.0 Å². The Kier molecular flexibility index (Phi) is 4.03. The summed E-state index contributed by atoms with van der Waals surface area (Å²) < 4.78 is 1.72. The second-order valence-electron chi connectivity index (χ2n) is 7.74. The highest BCUT2D eigenvalue weighted by Gasteiger charge is 2.22. The highest BCUT2D eigenvalue weighted by atomic mass is 16.2. The smallest absolute Gasteiger partial charge is 0.268 e. The van der Waals surface area contributed by atoms with Crippen LogP contribution in [0.2, 0.25) is 0 Å². The molecule has 5 aromatic rings. The van der Waals surface area contributed by atoms with Crippen LogP contribution in [0.4, 0.5) is 0 Å². The number of aryl methyl sites for hydroxylation is 4. The molecule has 0 aliphatic carbocycles. The number of benzene rings is 1. The summed E-state index contributed by atoms with van der Waals surface area (Å²) in [5.41, 5.74) is -0.222. The van der Waals surface area contributed by atoms with Crippen LogP contribution in [0.25, 0.3) is 33.4 Å². The zero-order valence-corrected chi connectivity index (χ0v) is 17.6. The van der Waals surface area contributed by atoms with Crippen molar-refractivity contribution in [2.24, 2.45) is 0 Å². The number of rotatable bonds is 2. The van der Waals surface area contributed by atoms with Gasteiger partial charge in [0.05, 0.1) is 21.5 Å². The van der Waals surface area contributed by atoms with Crippen molar-refractivity contribution in [2.45, 2.75) is 27.7 Å². The molecule has 0 bridgehead atoms. The van der Waals surface area contributed by atoms with Crippen LogP contribution in [0.1, 0.15) is 22.8 Å². The van der Waals surface area contributed by atoms with Gasteiger partial charge in [-0.15, -0.1) is 0 Å². The summed E-state index contributed by atoms with van der Waals surface area (Å²) in [5, 5.41) is 0.0587. The number of hydrogen-bond acceptors (Lipinski definition) is 8. The van der Waals surface area contributed by atoms with Crippen LogP contribution in [0.5, 0.6) is 0 Å². The maximum atomic E-state index is 13.0. The first-order chi connectivity index (χ1) is 15.2. The van der Waals surface area contributed by atoms with Crippen LogP contribution in [-0.2, 0) is 0 Å². The van der Waals surface area contributed by atoms with Crippen LogP contribution >= 0.6 is 0 Å². The molecule has 0 atom stereocenters. The molecule has 32 heavy (non-hydrogen) atoms. The van der Waals surface area contributed by atoms with Crippen LogP contribution < -0.4 is 22.2 Å². The predicted octanol–water partition coefficient (Wildman–Crippen LogP) is 0.704. The summed E-state index contributed by atoms with van der Waals surface area (Å²) in [6.07, 6.45) is 0. The van der Waals surface area contributed by atoms with Crippen molar-refractivity contribution in [2.75, 3.05) is 0 Å². The molecule has 1 aromatic carbocycles. The third-order valence-electron chi connectivity index (χ3n) is 5.23. The Labute approximate surface area is 179 Å². The Hall–Kier alpha value is -4.34. The molecule has 0 amide bonds. The molecule has 0 spiro atoms. The van der Waals surface area contributed by atoms with Crippen molar-refractivity contribution >= 4 is 21.5 Å². The van der Waals surface area contributed by atoms with E-state index < -0.39 is 22.2 Å². The fourth-order valence-corrected chi connectivity index (χ4v) is 3.95. The van der Waals surface area contributed by atoms with Crippen molar-refractivity contribution in [3.8, 4) is 11.9 Å². The molecule has 4 heterocycles. The molecular formula is C22H16N6O4. The van der Waals surface area contributed by atoms with Gasteiger partial charge >= 0.3 is 0 Å². The normalized spacial score (nSPS) is 11.6. The molecule has 0 N–H and O–H groups in total. The molecule has 0 aliphatic rings. The van der Waals surface area contributed by atoms with Gasteiger partial charge < -0.3 is 0 Å². The summed E-state index contributed by atoms with van der Waals surface area (Å²) >= 11 is 0. The van der Waals surface area contributed by atoms with Gasteiger partial charge in [0.25, 0.3) is 22.2 Å². The highest BCUT2D eigenvalue weighted by molar-refractivity contribution is 5.98. The standard InChI is InChI=1S/C22H16N6O4/c1-9-5-10(2)24-21(23-9)27-17(29)13-7-15-16(8-14(13)18(27)30)20(32)28(19(15)31)22-25-11(3)6-12(4)26-22/h5-8H,1-4H3. The number of hydrogen-bond donors (Lipinski definition) is 0. The van der Waals surface area contributed by atoms with Gasteiger partial charge in [-0.1, -0.05) is 0 Å². The molecule has 10 heteroatoms. The minimum absolute atomic E-state index is 0.0147. The first kappa shape index (κ1) is 19.6. The number of fused-ring (bicyclic) bond motifs is 2. The molecule has 0 unspecified atom stereocenters. The minimum atomic E-state index is -0.654. The van der Waals surface area contributed by atoms with E-state index in [1.54, 1.807) is 39.8 Å². The van der Waals surface area contributed by atoms with Gasteiger partial charge in [-0.2, -0.15) is 0 Å². The van der Waals surface area contributed by atoms with E-state index in [2.05, 4.69) is 19.9 Å². The van der Waals surface area contributed by atoms with E-state index in [0.29, 0.717) is 22.8 Å². The summed E-state index contributed by atoms with van der Waals surface area (Å²) in [4.78, 5) is 69.0. The van der Waals surface area contributed by atoms with E-state index in [1.165, 1.54) is 12.1 Å². The molecule has 0 fully saturated rings. The molecule has 0 aliphatic heterocycles. The summed E-state index contributed by atoms with van der Waals surface area (Å²) in [6.45, 7) is 6.91. The molecule has 158 valence electrons. The average molecular weight is 428 g/mol. The van der Waals surface area contributed by atoms with Crippen LogP contribution in [0, 0.1) is 27.7 Å². The Morgan fingerprint density at radius 3 is 0.969 bits per heavy atom. The van der Waals surface area contributed by atoms with Crippen molar-refractivity contribution in [1.82, 2.24) is 29.1 Å². The monoisotopic (exact) mass is 428 g/mol. The van der Waals surface area contributed by atoms with Gasteiger partial charge in [0.1, 0.15) is 0 Å². The molecule has 4 aromatic heterocycles. The largest absolute Gasteiger partial charge is 0.268 e. The Balaban J connectivity index is 1.85. The highest BCUT2D eigenvalue weighted by Crippen LogP contribution is 2.16. The van der Waals surface area contributed by atoms with Crippen molar-refractivity contribution in [3.05, 3.63) is 88.5 Å². The van der Waals surface area contributed by atoms with Gasteiger partial charge in [-0.3, -0.25) is 19.2 Å². The van der Waals surface area contributed by atoms with Crippen LogP contribution in [0.15, 0.2) is 43.4 Å². The van der Waals surface area contributed by atoms with Gasteiger partial charge in [0.2, 0.25) is 11.9 Å². The van der Waals surface area contributed by atoms with E-state index in [1.807, 2.05) is 0 Å². The van der Waals surface area contributed by atoms with Crippen molar-refractivity contribution < 1.29 is 0 Å². The third-order valence-corrected chi connectivity index (χ3v) is 5.23. The maximum absolute atomic E-state index is 13.0. The Bertz CT molecular complexity index is 1560. The number of aromatic nitrogens is 6. The first-order valence-electron chi connectivity index (χ1n) is 9.76. The summed E-state index contributed by atoms with van der Waals surface area (Å²) in [5.74, 6) is -0.0893. The lowest BCUT2D eigenvalue weighted by Crippen LogP contribution is -2.26. The molecular weight excluding hydrogens is 412 g/mol. The van der Waals surface area contributed by atoms with E-state index in [9.17, 15) is 19.2 Å². The predicted molar refractivity (Wildman–Crippen MR) is 118 cm³/mol. The molecule has 0 radical (unpaired) electrons. The number of nitrogens with zero attached hydrogens (tertiary/aromatic N) is 6. The van der Waals surface area contributed by atoms with Crippen molar-refractivity contribution in [3.63, 3.8) is 0 Å². The minimum Gasteiger partial charge on any atom is -0.268 e. The first-order valence-corrected chi connectivity index (χ1v) is 9.76. The van der Waals surface area contributed by atoms with Crippen LogP contribution in [0.3, 0.4) is 0 Å². The van der Waals surface area contributed by atoms with E-state index >= 15 is 0 Å². The molecule has 5 rings (SSSR count). The fourth-order valence-electron chi connectivity index (χ4n) is 3.95. The van der Waals surface area contributed by atoms with Gasteiger partial charge in [0, 0.05) is 22.8 Å². The third kappa shape index (κ3) is 2.73. The zero-order chi connectivity index (χ0) is 22.9. The Morgan fingerprint density at radius 1 is 0.469 bits per heavy atom. The van der Waals surface area contributed by atoms with Gasteiger partial charge in [0.15, 0.2) is 0 Å². The maximum Gasteiger partial charge on any atom is 0.268 e. The van der Waals surface area contributed by atoms with Gasteiger partial charge in [-0.25, -0.2) is 29.1 Å². The molecule has 0 saturated carbocycles. The lowest BCUT2D eigenvalue weighted by molar-refractivity contribution is 0.858. The topological polar surface area (TPSA) is 130 Å². The lowest BCUT2D eigenvalue weighted by atomic mass is 10.1. The van der Waals surface area contributed by atoms with E-state index in [0.717, 1.165) is 9.13 Å². The second kappa shape index (κ2) is 6.58. The lowest BCUT2D eigenvalue weighted by Gasteiger charge is -2.01. The van der Waals surface area contributed by atoms with Crippen molar-refractivity contribution in [1.29, 1.82) is 0 Å². The van der Waals surface area contributed by atoms with E-state index in [-0.39, 0.29) is 33.4 Å². The van der Waals surface area contributed by atoms with Crippen LogP contribution in [-0.4, -0.2) is 29.1 Å². The van der Waals surface area contributed by atoms with E-state index in [4.69, 9.17) is 0 Å². The fraction of sp³-hybridized carbons (Fsp3) is 0.182. The summed E-state index contributed by atoms with van der Waals surface area (Å²) in [6, 6.07) is 5.99. The average Bonchev–Trinajstić information content (AvgIpc) is 3.09.